The van der Waals surface area contributed by atoms with E-state index in [1.807, 2.05) is 6.07 Å². The van der Waals surface area contributed by atoms with Crippen LogP contribution in [0.2, 0.25) is 0 Å². The highest BCUT2D eigenvalue weighted by molar-refractivity contribution is 9.10. The normalized spacial score (nSPS) is 11.5. The van der Waals surface area contributed by atoms with Crippen LogP contribution in [0.15, 0.2) is 15.0 Å². The molecule has 1 nitrogen and oxygen atoms in total. The zero-order valence-electron chi connectivity index (χ0n) is 5.86. The second kappa shape index (κ2) is 1.76. The van der Waals surface area contributed by atoms with Crippen LogP contribution < -0.4 is 0 Å². The molecule has 0 N–H and O–H groups in total. The molecule has 0 unspecified atom stereocenters. The molecular formula is C8H7BrO. The van der Waals surface area contributed by atoms with E-state index < -0.39 is 0 Å². The van der Waals surface area contributed by atoms with Crippen molar-refractivity contribution in [2.45, 2.75) is 13.8 Å². The summed E-state index contributed by atoms with van der Waals surface area (Å²) in [7, 11) is 0. The number of hydrogen-bond donors (Lipinski definition) is 0. The van der Waals surface area contributed by atoms with Crippen LogP contribution in [0, 0.1) is 13.8 Å². The minimum Gasteiger partial charge on any atom is -0.456 e. The van der Waals surface area contributed by atoms with Gasteiger partial charge in [0, 0.05) is 5.56 Å². The van der Waals surface area contributed by atoms with Gasteiger partial charge in [0.15, 0.2) is 0 Å². The number of aryl methyl sites for hydroxylation is 2. The van der Waals surface area contributed by atoms with Crippen molar-refractivity contribution in [3.05, 3.63) is 21.7 Å². The van der Waals surface area contributed by atoms with Crippen molar-refractivity contribution in [3.63, 3.8) is 0 Å². The Bertz CT molecular complexity index is 361. The van der Waals surface area contributed by atoms with Crippen molar-refractivity contribution in [1.82, 2.24) is 0 Å². The van der Waals surface area contributed by atoms with Gasteiger partial charge in [-0.15, -0.1) is 0 Å². The molecule has 0 radical (unpaired) electrons. The van der Waals surface area contributed by atoms with E-state index in [9.17, 15) is 0 Å². The summed E-state index contributed by atoms with van der Waals surface area (Å²) < 4.78 is 6.53. The van der Waals surface area contributed by atoms with Crippen molar-refractivity contribution >= 4 is 27.1 Å². The Morgan fingerprint density at radius 1 is 1.40 bits per heavy atom. The van der Waals surface area contributed by atoms with Crippen molar-refractivity contribution in [1.29, 1.82) is 0 Å². The van der Waals surface area contributed by atoms with Crippen LogP contribution >= 0.6 is 15.9 Å². The fourth-order valence-corrected chi connectivity index (χ4v) is 1.62. The highest BCUT2D eigenvalue weighted by Crippen LogP contribution is 2.34. The number of furan rings is 2. The molecule has 0 amide bonds. The van der Waals surface area contributed by atoms with Crippen LogP contribution in [-0.4, -0.2) is 0 Å². The lowest BCUT2D eigenvalue weighted by atomic mass is 10.2. The molecule has 2 heteroatoms. The van der Waals surface area contributed by atoms with Gasteiger partial charge in [0.05, 0.1) is 4.47 Å². The molecule has 0 aliphatic carbocycles. The van der Waals surface area contributed by atoms with Crippen LogP contribution in [0.3, 0.4) is 0 Å². The SMILES string of the molecule is Cc1cc2oc1c(C)c2Br. The summed E-state index contributed by atoms with van der Waals surface area (Å²) in [5, 5.41) is 0. The van der Waals surface area contributed by atoms with Gasteiger partial charge in [0.25, 0.3) is 0 Å². The molecule has 0 fully saturated rings. The summed E-state index contributed by atoms with van der Waals surface area (Å²) in [6.45, 7) is 4.12. The molecule has 0 aliphatic heterocycles. The van der Waals surface area contributed by atoms with Crippen LogP contribution in [0.1, 0.15) is 11.1 Å². The average Bonchev–Trinajstić information content (AvgIpc) is 2.36. The predicted octanol–water partition coefficient (Wildman–Crippen LogP) is 3.25. The summed E-state index contributed by atoms with van der Waals surface area (Å²) in [6.07, 6.45) is 0. The zero-order valence-corrected chi connectivity index (χ0v) is 7.45. The first-order chi connectivity index (χ1) is 4.70. The number of hydrogen-bond acceptors (Lipinski definition) is 1. The van der Waals surface area contributed by atoms with Crippen LogP contribution in [0.5, 0.6) is 0 Å². The largest absolute Gasteiger partial charge is 0.456 e. The molecule has 0 aromatic carbocycles. The highest BCUT2D eigenvalue weighted by Gasteiger charge is 2.12. The van der Waals surface area contributed by atoms with Crippen LogP contribution in [0.4, 0.5) is 0 Å². The Morgan fingerprint density at radius 2 is 2.10 bits per heavy atom. The van der Waals surface area contributed by atoms with E-state index in [0.29, 0.717) is 0 Å². The molecule has 2 rings (SSSR count). The molecule has 2 heterocycles. The summed E-state index contributed by atoms with van der Waals surface area (Å²) >= 11 is 3.44. The van der Waals surface area contributed by atoms with Gasteiger partial charge in [-0.2, -0.15) is 0 Å². The van der Waals surface area contributed by atoms with Gasteiger partial charge in [0.1, 0.15) is 11.2 Å². The van der Waals surface area contributed by atoms with Crippen LogP contribution in [0.25, 0.3) is 11.2 Å². The lowest BCUT2D eigenvalue weighted by Crippen LogP contribution is -1.73. The first-order valence-corrected chi connectivity index (χ1v) is 3.97. The molecule has 0 saturated carbocycles. The maximum atomic E-state index is 5.43. The molecule has 0 saturated heterocycles. The quantitative estimate of drug-likeness (QED) is 0.634. The molecular weight excluding hydrogens is 192 g/mol. The van der Waals surface area contributed by atoms with E-state index in [2.05, 4.69) is 29.8 Å². The van der Waals surface area contributed by atoms with Crippen molar-refractivity contribution in [2.75, 3.05) is 0 Å². The number of fused-ring (bicyclic) bond motifs is 2. The number of rotatable bonds is 0. The van der Waals surface area contributed by atoms with E-state index in [4.69, 9.17) is 4.42 Å². The van der Waals surface area contributed by atoms with Gasteiger partial charge in [-0.1, -0.05) is 0 Å². The van der Waals surface area contributed by atoms with E-state index in [1.165, 1.54) is 11.1 Å². The Morgan fingerprint density at radius 3 is 2.50 bits per heavy atom. The first-order valence-electron chi connectivity index (χ1n) is 3.17. The van der Waals surface area contributed by atoms with Crippen molar-refractivity contribution < 1.29 is 4.42 Å². The highest BCUT2D eigenvalue weighted by atomic mass is 79.9. The molecule has 2 aromatic rings. The lowest BCUT2D eigenvalue weighted by molar-refractivity contribution is 0.671. The minimum absolute atomic E-state index is 0.963. The van der Waals surface area contributed by atoms with E-state index >= 15 is 0 Å². The summed E-state index contributed by atoms with van der Waals surface area (Å²) in [5.74, 6) is 0. The molecule has 52 valence electrons. The van der Waals surface area contributed by atoms with E-state index in [1.54, 1.807) is 0 Å². The predicted molar refractivity (Wildman–Crippen MR) is 44.6 cm³/mol. The summed E-state index contributed by atoms with van der Waals surface area (Å²) in [4.78, 5) is 0. The smallest absolute Gasteiger partial charge is 0.142 e. The zero-order chi connectivity index (χ0) is 7.30. The van der Waals surface area contributed by atoms with Gasteiger partial charge < -0.3 is 4.42 Å². The van der Waals surface area contributed by atoms with Gasteiger partial charge >= 0.3 is 0 Å². The summed E-state index contributed by atoms with van der Waals surface area (Å²) in [5.41, 5.74) is 4.44. The topological polar surface area (TPSA) is 13.1 Å². The maximum Gasteiger partial charge on any atom is 0.142 e. The monoisotopic (exact) mass is 198 g/mol. The van der Waals surface area contributed by atoms with Gasteiger partial charge in [0.2, 0.25) is 0 Å². The second-order valence-corrected chi connectivity index (χ2v) is 3.35. The average molecular weight is 199 g/mol. The Hall–Kier alpha value is -0.500. The van der Waals surface area contributed by atoms with Crippen molar-refractivity contribution in [2.24, 2.45) is 0 Å². The number of halogens is 1. The third-order valence-electron chi connectivity index (χ3n) is 1.80. The molecule has 0 atom stereocenters. The first kappa shape index (κ1) is 6.23. The third-order valence-corrected chi connectivity index (χ3v) is 2.79. The Kier molecular flexibility index (Phi) is 1.09. The van der Waals surface area contributed by atoms with Gasteiger partial charge in [-0.25, -0.2) is 0 Å². The molecule has 2 aromatic heterocycles. The Balaban J connectivity index is 2.95. The van der Waals surface area contributed by atoms with E-state index in [-0.39, 0.29) is 0 Å². The second-order valence-electron chi connectivity index (χ2n) is 2.56. The molecule has 0 spiro atoms. The fourth-order valence-electron chi connectivity index (χ4n) is 1.25. The van der Waals surface area contributed by atoms with Crippen LogP contribution in [-0.2, 0) is 0 Å². The third kappa shape index (κ3) is 0.574. The number of benzene rings is 1. The Labute approximate surface area is 67.5 Å². The van der Waals surface area contributed by atoms with Gasteiger partial charge in [-0.05, 0) is 41.4 Å². The van der Waals surface area contributed by atoms with Gasteiger partial charge in [-0.3, -0.25) is 0 Å². The lowest BCUT2D eigenvalue weighted by Gasteiger charge is -1.90. The molecule has 0 aliphatic rings. The summed E-state index contributed by atoms with van der Waals surface area (Å²) in [6, 6.07) is 2.05. The molecule has 2 bridgehead atoms. The standard InChI is InChI=1S/C8H7BrO/c1-4-3-6-7(9)5(2)8(4)10-6/h3H,1-2H3. The molecule has 10 heavy (non-hydrogen) atoms. The minimum atomic E-state index is 0.963. The van der Waals surface area contributed by atoms with Crippen molar-refractivity contribution in [3.8, 4) is 0 Å². The maximum absolute atomic E-state index is 5.43. The van der Waals surface area contributed by atoms with E-state index in [0.717, 1.165) is 15.6 Å². The fraction of sp³-hybridized carbons (Fsp3) is 0.250.